The second-order valence-electron chi connectivity index (χ2n) is 5.76. The van der Waals surface area contributed by atoms with Crippen LogP contribution >= 0.6 is 49.9 Å². The highest BCUT2D eigenvalue weighted by atomic mass is 127. The average molecular weight is 466 g/mol. The molecule has 1 aromatic carbocycles. The van der Waals surface area contributed by atoms with Gasteiger partial charge in [0.1, 0.15) is 0 Å². The minimum absolute atomic E-state index is 0.0579. The van der Waals surface area contributed by atoms with E-state index in [-0.39, 0.29) is 5.41 Å². The Hall–Kier alpha value is 0.0200. The highest BCUT2D eigenvalue weighted by Crippen LogP contribution is 2.30. The van der Waals surface area contributed by atoms with Crippen molar-refractivity contribution in [3.05, 3.63) is 47.9 Å². The maximum absolute atomic E-state index is 10.4. The second kappa shape index (κ2) is 6.42. The molecule has 1 aromatic heterocycles. The van der Waals surface area contributed by atoms with Crippen LogP contribution in [0, 0.1) is 3.57 Å². The Kier molecular flexibility index (Phi) is 5.26. The Morgan fingerprint density at radius 3 is 2.70 bits per heavy atom. The molecule has 0 radical (unpaired) electrons. The van der Waals surface area contributed by atoms with Crippen molar-refractivity contribution in [2.45, 2.75) is 38.7 Å². The minimum atomic E-state index is -0.530. The van der Waals surface area contributed by atoms with Crippen LogP contribution in [0.3, 0.4) is 0 Å². The van der Waals surface area contributed by atoms with Crippen LogP contribution in [0.25, 0.3) is 0 Å². The summed E-state index contributed by atoms with van der Waals surface area (Å²) >= 11 is 7.38. The molecule has 1 unspecified atom stereocenters. The molecule has 0 aliphatic heterocycles. The molecule has 0 aliphatic rings. The van der Waals surface area contributed by atoms with E-state index in [1.54, 1.807) is 11.3 Å². The van der Waals surface area contributed by atoms with E-state index in [0.717, 1.165) is 24.3 Å². The number of aliphatic hydroxyl groups excluding tert-OH is 1. The van der Waals surface area contributed by atoms with Gasteiger partial charge < -0.3 is 5.11 Å². The van der Waals surface area contributed by atoms with Crippen molar-refractivity contribution in [3.63, 3.8) is 0 Å². The maximum atomic E-state index is 10.4. The van der Waals surface area contributed by atoms with Gasteiger partial charge in [-0.05, 0) is 46.4 Å². The molecule has 0 spiro atoms. The summed E-state index contributed by atoms with van der Waals surface area (Å²) < 4.78 is 2.06. The second-order valence-corrected chi connectivity index (χ2v) is 8.80. The first-order valence-electron chi connectivity index (χ1n) is 6.35. The Morgan fingerprint density at radius 2 is 2.10 bits per heavy atom. The van der Waals surface area contributed by atoms with E-state index < -0.39 is 6.10 Å². The zero-order chi connectivity index (χ0) is 14.9. The first-order chi connectivity index (χ1) is 9.27. The maximum Gasteiger partial charge on any atom is 0.0957 e. The third-order valence-corrected chi connectivity index (χ3v) is 5.27. The van der Waals surface area contributed by atoms with Gasteiger partial charge in [-0.3, -0.25) is 0 Å². The van der Waals surface area contributed by atoms with Gasteiger partial charge >= 0.3 is 0 Å². The molecule has 1 atom stereocenters. The third-order valence-electron chi connectivity index (χ3n) is 3.01. The number of rotatable bonds is 3. The minimum Gasteiger partial charge on any atom is -0.388 e. The van der Waals surface area contributed by atoms with Crippen molar-refractivity contribution in [3.8, 4) is 0 Å². The molecule has 0 fully saturated rings. The molecule has 1 heterocycles. The summed E-state index contributed by atoms with van der Waals surface area (Å²) in [6.07, 6.45) is 0.0254. The van der Waals surface area contributed by atoms with Gasteiger partial charge in [0.05, 0.1) is 16.8 Å². The number of aromatic nitrogens is 1. The van der Waals surface area contributed by atoms with E-state index in [0.29, 0.717) is 6.42 Å². The topological polar surface area (TPSA) is 33.1 Å². The Morgan fingerprint density at radius 1 is 1.40 bits per heavy atom. The fourth-order valence-corrected chi connectivity index (χ4v) is 3.88. The molecule has 2 nitrogen and oxygen atoms in total. The standard InChI is InChI=1S/C15H17BrINOS/c1-15(2,3)13-8-20-14(18-13)7-12(19)10-6-9(17)4-5-11(10)16/h4-6,8,12,19H,7H2,1-3H3. The molecule has 0 saturated carbocycles. The fourth-order valence-electron chi connectivity index (χ4n) is 1.79. The lowest BCUT2D eigenvalue weighted by molar-refractivity contribution is 0.177. The van der Waals surface area contributed by atoms with Crippen LogP contribution in [0.15, 0.2) is 28.1 Å². The van der Waals surface area contributed by atoms with E-state index in [9.17, 15) is 5.11 Å². The summed E-state index contributed by atoms with van der Waals surface area (Å²) in [4.78, 5) is 4.64. The van der Waals surface area contributed by atoms with Crippen LogP contribution < -0.4 is 0 Å². The molecule has 5 heteroatoms. The zero-order valence-corrected chi connectivity index (χ0v) is 16.2. The van der Waals surface area contributed by atoms with Gasteiger partial charge in [-0.15, -0.1) is 11.3 Å². The van der Waals surface area contributed by atoms with Gasteiger partial charge in [0.2, 0.25) is 0 Å². The van der Waals surface area contributed by atoms with Gasteiger partial charge in [-0.1, -0.05) is 36.7 Å². The van der Waals surface area contributed by atoms with Crippen LogP contribution in [-0.2, 0) is 11.8 Å². The van der Waals surface area contributed by atoms with E-state index in [2.05, 4.69) is 69.7 Å². The summed E-state index contributed by atoms with van der Waals surface area (Å²) in [5, 5.41) is 13.5. The Labute approximate surface area is 145 Å². The third kappa shape index (κ3) is 4.02. The number of benzene rings is 1. The van der Waals surface area contributed by atoms with Gasteiger partial charge in [-0.2, -0.15) is 0 Å². The number of aliphatic hydroxyl groups is 1. The van der Waals surface area contributed by atoms with Gasteiger partial charge in [-0.25, -0.2) is 4.98 Å². The van der Waals surface area contributed by atoms with Gasteiger partial charge in [0, 0.05) is 25.3 Å². The predicted molar refractivity (Wildman–Crippen MR) is 96.3 cm³/mol. The van der Waals surface area contributed by atoms with Crippen molar-refractivity contribution in [2.24, 2.45) is 0 Å². The smallest absolute Gasteiger partial charge is 0.0957 e. The van der Waals surface area contributed by atoms with Crippen LogP contribution in [0.4, 0.5) is 0 Å². The molecule has 0 bridgehead atoms. The zero-order valence-electron chi connectivity index (χ0n) is 11.7. The monoisotopic (exact) mass is 465 g/mol. The average Bonchev–Trinajstić information content (AvgIpc) is 2.80. The lowest BCUT2D eigenvalue weighted by Gasteiger charge is -2.15. The molecule has 0 amide bonds. The fraction of sp³-hybridized carbons (Fsp3) is 0.400. The highest BCUT2D eigenvalue weighted by Gasteiger charge is 2.19. The lowest BCUT2D eigenvalue weighted by atomic mass is 9.93. The largest absolute Gasteiger partial charge is 0.388 e. The number of nitrogens with zero attached hydrogens (tertiary/aromatic N) is 1. The summed E-state index contributed by atoms with van der Waals surface area (Å²) in [7, 11) is 0. The van der Waals surface area contributed by atoms with Crippen molar-refractivity contribution in [1.29, 1.82) is 0 Å². The van der Waals surface area contributed by atoms with Crippen LogP contribution in [0.2, 0.25) is 0 Å². The van der Waals surface area contributed by atoms with Crippen LogP contribution in [-0.4, -0.2) is 10.1 Å². The molecule has 108 valence electrons. The summed E-state index contributed by atoms with van der Waals surface area (Å²) in [6.45, 7) is 6.45. The van der Waals surface area contributed by atoms with Gasteiger partial charge in [0.25, 0.3) is 0 Å². The number of thiazole rings is 1. The van der Waals surface area contributed by atoms with Crippen molar-refractivity contribution >= 4 is 49.9 Å². The highest BCUT2D eigenvalue weighted by molar-refractivity contribution is 14.1. The van der Waals surface area contributed by atoms with Crippen molar-refractivity contribution in [2.75, 3.05) is 0 Å². The van der Waals surface area contributed by atoms with E-state index in [1.165, 1.54) is 0 Å². The van der Waals surface area contributed by atoms with E-state index >= 15 is 0 Å². The quantitative estimate of drug-likeness (QED) is 0.641. The molecule has 0 saturated heterocycles. The Balaban J connectivity index is 2.17. The van der Waals surface area contributed by atoms with E-state index in [4.69, 9.17) is 0 Å². The first kappa shape index (κ1) is 16.4. The summed E-state index contributed by atoms with van der Waals surface area (Å²) in [6, 6.07) is 6.00. The number of hydrogen-bond acceptors (Lipinski definition) is 3. The summed E-state index contributed by atoms with van der Waals surface area (Å²) in [5.41, 5.74) is 2.07. The van der Waals surface area contributed by atoms with Crippen molar-refractivity contribution in [1.82, 2.24) is 4.98 Å². The van der Waals surface area contributed by atoms with Crippen LogP contribution in [0.1, 0.15) is 43.1 Å². The molecule has 0 aliphatic carbocycles. The lowest BCUT2D eigenvalue weighted by Crippen LogP contribution is -2.12. The molecular formula is C15H17BrINOS. The molecule has 20 heavy (non-hydrogen) atoms. The van der Waals surface area contributed by atoms with Gasteiger partial charge in [0.15, 0.2) is 0 Å². The first-order valence-corrected chi connectivity index (χ1v) is 9.10. The van der Waals surface area contributed by atoms with Crippen LogP contribution in [0.5, 0.6) is 0 Å². The number of halogens is 2. The molecule has 2 rings (SSSR count). The van der Waals surface area contributed by atoms with Crippen molar-refractivity contribution < 1.29 is 5.11 Å². The Bertz CT molecular complexity index is 606. The molecular weight excluding hydrogens is 449 g/mol. The molecule has 2 aromatic rings. The normalized spacial score (nSPS) is 13.5. The molecule has 1 N–H and O–H groups in total. The predicted octanol–water partition coefficient (Wildman–Crippen LogP) is 5.08. The SMILES string of the molecule is CC(C)(C)c1csc(CC(O)c2cc(I)ccc2Br)n1. The van der Waals surface area contributed by atoms with E-state index in [1.807, 2.05) is 18.2 Å². The number of hydrogen-bond donors (Lipinski definition) is 1. The summed E-state index contributed by atoms with van der Waals surface area (Å²) in [5.74, 6) is 0.